The monoisotopic (exact) mass is 415 g/mol. The quantitative estimate of drug-likeness (QED) is 0.626. The van der Waals surface area contributed by atoms with Crippen molar-refractivity contribution in [3.05, 3.63) is 48.8 Å². The van der Waals surface area contributed by atoms with E-state index >= 15 is 0 Å². The summed E-state index contributed by atoms with van der Waals surface area (Å²) in [5.41, 5.74) is 2.82. The molecule has 0 spiro atoms. The van der Waals surface area contributed by atoms with E-state index in [2.05, 4.69) is 20.9 Å². The summed E-state index contributed by atoms with van der Waals surface area (Å²) in [5.74, 6) is 0.237. The molecule has 0 unspecified atom stereocenters. The van der Waals surface area contributed by atoms with Crippen LogP contribution in [0.5, 0.6) is 0 Å². The smallest absolute Gasteiger partial charge is 0.300 e. The number of nitrogens with one attached hydrogen (secondary N) is 1. The van der Waals surface area contributed by atoms with E-state index in [4.69, 9.17) is 14.9 Å². The molecule has 1 radical (unpaired) electrons. The Labute approximate surface area is 169 Å². The zero-order valence-corrected chi connectivity index (χ0v) is 16.2. The Balaban J connectivity index is 0.000000479. The van der Waals surface area contributed by atoms with Crippen molar-refractivity contribution < 1.29 is 27.0 Å². The molecule has 3 heterocycles. The molecule has 147 valence electrons. The van der Waals surface area contributed by atoms with Gasteiger partial charge in [-0.1, -0.05) is 31.4 Å². The number of pyridine rings is 2. The molecule has 2 N–H and O–H groups in total. The fourth-order valence-corrected chi connectivity index (χ4v) is 3.26. The van der Waals surface area contributed by atoms with Gasteiger partial charge in [0.15, 0.2) is 0 Å². The van der Waals surface area contributed by atoms with E-state index in [1.165, 1.54) is 32.1 Å². The molecule has 0 aromatic carbocycles. The Morgan fingerprint density at radius 1 is 1.15 bits per heavy atom. The average molecular weight is 416 g/mol. The second-order valence-electron chi connectivity index (χ2n) is 6.45. The summed E-state index contributed by atoms with van der Waals surface area (Å²) in [6, 6.07) is 12.6. The second-order valence-corrected chi connectivity index (χ2v) is 6.45. The van der Waals surface area contributed by atoms with Crippen molar-refractivity contribution in [2.45, 2.75) is 45.1 Å². The molecular formula is C20H24CuN4O2. The summed E-state index contributed by atoms with van der Waals surface area (Å²) in [5, 5.41) is 11.1. The molecule has 0 saturated heterocycles. The van der Waals surface area contributed by atoms with Crippen LogP contribution >= 0.6 is 0 Å². The third kappa shape index (κ3) is 5.55. The predicted octanol–water partition coefficient (Wildman–Crippen LogP) is 4.23. The number of nitrogens with zero attached hydrogens (tertiary/aromatic N) is 3. The zero-order chi connectivity index (χ0) is 18.4. The van der Waals surface area contributed by atoms with Gasteiger partial charge in [0.25, 0.3) is 5.97 Å². The molecule has 0 amide bonds. The van der Waals surface area contributed by atoms with Crippen LogP contribution < -0.4 is 5.32 Å². The van der Waals surface area contributed by atoms with Crippen LogP contribution in [0.3, 0.4) is 0 Å². The van der Waals surface area contributed by atoms with Gasteiger partial charge >= 0.3 is 0 Å². The van der Waals surface area contributed by atoms with Crippen molar-refractivity contribution in [3.8, 4) is 11.4 Å². The van der Waals surface area contributed by atoms with E-state index in [1.54, 1.807) is 0 Å². The number of carbonyl (C=O) groups is 1. The first-order valence-electron chi connectivity index (χ1n) is 8.99. The number of carboxylic acids is 1. The Morgan fingerprint density at radius 3 is 2.52 bits per heavy atom. The van der Waals surface area contributed by atoms with Crippen LogP contribution in [0.4, 0.5) is 5.82 Å². The molecule has 6 nitrogen and oxygen atoms in total. The van der Waals surface area contributed by atoms with E-state index in [-0.39, 0.29) is 17.1 Å². The third-order valence-corrected chi connectivity index (χ3v) is 4.38. The van der Waals surface area contributed by atoms with E-state index in [9.17, 15) is 0 Å². The second kappa shape index (κ2) is 10.1. The molecule has 1 saturated carbocycles. The standard InChI is InChI=1S/C18H20N4.C2H4O2.Cu/c1-2-8-14(9-3-1)20-18-17(15-10-4-6-12-19-15)21-16-11-5-7-13-22(16)18;1-2(3)4;/h4-7,10-14,20H,1-3,8-9H2;1H3,(H,3,4);. The minimum Gasteiger partial charge on any atom is -0.481 e. The molecule has 4 rings (SSSR count). The number of rotatable bonds is 3. The van der Waals surface area contributed by atoms with Crippen molar-refractivity contribution in [2.24, 2.45) is 0 Å². The van der Waals surface area contributed by atoms with Gasteiger partial charge in [-0.15, -0.1) is 0 Å². The Bertz CT molecular complexity index is 857. The van der Waals surface area contributed by atoms with Crippen LogP contribution in [0.1, 0.15) is 39.0 Å². The Morgan fingerprint density at radius 2 is 1.85 bits per heavy atom. The molecular weight excluding hydrogens is 392 g/mol. The maximum Gasteiger partial charge on any atom is 0.300 e. The van der Waals surface area contributed by atoms with E-state index < -0.39 is 5.97 Å². The molecule has 0 bridgehead atoms. The Hall–Kier alpha value is -2.37. The summed E-state index contributed by atoms with van der Waals surface area (Å²) in [6.45, 7) is 1.08. The van der Waals surface area contributed by atoms with Crippen LogP contribution in [0, 0.1) is 0 Å². The summed E-state index contributed by atoms with van der Waals surface area (Å²) < 4.78 is 2.14. The van der Waals surface area contributed by atoms with Gasteiger partial charge in [-0.05, 0) is 37.1 Å². The number of hydrogen-bond donors (Lipinski definition) is 2. The number of aromatic nitrogens is 3. The summed E-state index contributed by atoms with van der Waals surface area (Å²) in [7, 11) is 0. The summed E-state index contributed by atoms with van der Waals surface area (Å²) >= 11 is 0. The SMILES string of the molecule is CC(=O)O.[Cu].c1ccc(-c2nc3ccccn3c2NC2CCCCC2)nc1. The molecule has 0 aliphatic heterocycles. The maximum atomic E-state index is 9.00. The van der Waals surface area contributed by atoms with Crippen LogP contribution in [0.2, 0.25) is 0 Å². The molecule has 0 atom stereocenters. The summed E-state index contributed by atoms with van der Waals surface area (Å²) in [4.78, 5) is 18.3. The van der Waals surface area contributed by atoms with Gasteiger partial charge in [-0.2, -0.15) is 0 Å². The third-order valence-electron chi connectivity index (χ3n) is 4.38. The first kappa shape index (κ1) is 20.9. The minimum atomic E-state index is -0.833. The van der Waals surface area contributed by atoms with Crippen molar-refractivity contribution in [2.75, 3.05) is 5.32 Å². The van der Waals surface area contributed by atoms with Gasteiger partial charge in [0.2, 0.25) is 0 Å². The molecule has 1 aliphatic rings. The van der Waals surface area contributed by atoms with Crippen LogP contribution in [0.15, 0.2) is 48.8 Å². The number of aliphatic carboxylic acids is 1. The van der Waals surface area contributed by atoms with Gasteiger partial charge in [0.1, 0.15) is 17.2 Å². The average Bonchev–Trinajstić information content (AvgIpc) is 3.02. The molecule has 3 aromatic rings. The van der Waals surface area contributed by atoms with Gasteiger partial charge in [-0.3, -0.25) is 14.2 Å². The van der Waals surface area contributed by atoms with E-state index in [0.29, 0.717) is 6.04 Å². The number of imidazole rings is 1. The minimum absolute atomic E-state index is 0. The van der Waals surface area contributed by atoms with E-state index in [1.807, 2.05) is 42.6 Å². The molecule has 1 fully saturated rings. The fraction of sp³-hybridized carbons (Fsp3) is 0.350. The van der Waals surface area contributed by atoms with Crippen molar-refractivity contribution in [1.82, 2.24) is 14.4 Å². The first-order valence-corrected chi connectivity index (χ1v) is 8.99. The maximum absolute atomic E-state index is 9.00. The molecule has 7 heteroatoms. The first-order chi connectivity index (χ1) is 12.6. The van der Waals surface area contributed by atoms with E-state index in [0.717, 1.165) is 29.8 Å². The normalized spacial score (nSPS) is 14.0. The van der Waals surface area contributed by atoms with Crippen molar-refractivity contribution >= 4 is 17.4 Å². The topological polar surface area (TPSA) is 79.5 Å². The van der Waals surface area contributed by atoms with Crippen molar-refractivity contribution in [1.29, 1.82) is 0 Å². The number of anilines is 1. The zero-order valence-electron chi connectivity index (χ0n) is 15.2. The largest absolute Gasteiger partial charge is 0.481 e. The van der Waals surface area contributed by atoms with Crippen LogP contribution in [-0.2, 0) is 21.9 Å². The molecule has 1 aliphatic carbocycles. The summed E-state index contributed by atoms with van der Waals surface area (Å²) in [6.07, 6.45) is 10.4. The fourth-order valence-electron chi connectivity index (χ4n) is 3.26. The molecule has 27 heavy (non-hydrogen) atoms. The van der Waals surface area contributed by atoms with Gasteiger partial charge in [-0.25, -0.2) is 4.98 Å². The predicted molar refractivity (Wildman–Crippen MR) is 102 cm³/mol. The molecule has 3 aromatic heterocycles. The van der Waals surface area contributed by atoms with Crippen LogP contribution in [-0.4, -0.2) is 31.5 Å². The number of fused-ring (bicyclic) bond motifs is 1. The van der Waals surface area contributed by atoms with Gasteiger partial charge in [0, 0.05) is 42.4 Å². The van der Waals surface area contributed by atoms with Crippen LogP contribution in [0.25, 0.3) is 17.0 Å². The number of carboxylic acid groups (broad SMARTS) is 1. The van der Waals surface area contributed by atoms with Gasteiger partial charge in [0.05, 0.1) is 5.69 Å². The Kier molecular flexibility index (Phi) is 7.82. The van der Waals surface area contributed by atoms with Gasteiger partial charge < -0.3 is 10.4 Å². The number of hydrogen-bond acceptors (Lipinski definition) is 4. The van der Waals surface area contributed by atoms with Crippen molar-refractivity contribution in [3.63, 3.8) is 0 Å².